The molecule has 0 aliphatic carbocycles. The summed E-state index contributed by atoms with van der Waals surface area (Å²) in [5.74, 6) is -6.64. The van der Waals surface area contributed by atoms with Gasteiger partial charge in [-0.15, -0.1) is 0 Å². The van der Waals surface area contributed by atoms with Crippen molar-refractivity contribution < 1.29 is 36.3 Å². The predicted molar refractivity (Wildman–Crippen MR) is 141 cm³/mol. The minimum atomic E-state index is -5.85. The Balaban J connectivity index is 1.42. The van der Waals surface area contributed by atoms with E-state index in [1.54, 1.807) is 25.1 Å². The Bertz CT molecular complexity index is 1470. The van der Waals surface area contributed by atoms with E-state index in [9.17, 15) is 31.5 Å². The quantitative estimate of drug-likeness (QED) is 0.265. The second-order valence-electron chi connectivity index (χ2n) is 9.80. The summed E-state index contributed by atoms with van der Waals surface area (Å²) in [4.78, 5) is 29.5. The first-order chi connectivity index (χ1) is 19.5. The number of benzene rings is 2. The van der Waals surface area contributed by atoms with Crippen molar-refractivity contribution in [2.24, 2.45) is 0 Å². The molecule has 0 bridgehead atoms. The van der Waals surface area contributed by atoms with Crippen molar-refractivity contribution in [3.63, 3.8) is 0 Å². The van der Waals surface area contributed by atoms with Gasteiger partial charge >= 0.3 is 12.1 Å². The Morgan fingerprint density at radius 1 is 1.12 bits per heavy atom. The van der Waals surface area contributed by atoms with Gasteiger partial charge in [0.2, 0.25) is 0 Å². The molecule has 2 unspecified atom stereocenters. The predicted octanol–water partition coefficient (Wildman–Crippen LogP) is 5.49. The molecule has 2 amide bonds. The molecular formula is C28H26F5N5O3. The molecule has 0 radical (unpaired) electrons. The molecule has 2 aliphatic heterocycles. The molecule has 0 spiro atoms. The molecule has 0 saturated carbocycles. The molecule has 2 aliphatic rings. The maximum atomic E-state index is 14.4. The standard InChI is InChI=1S/C28H26F5N5O3/c1-15(21-8-4-11-34-21)41-23-13-16(9-10-20(23)27(29,30)28(31,32)33)37-26(40)18-6-3-12-35-24(18)38-22-7-2-5-17-19(22)14-36-25(17)39/h2-3,5-7,9-10,12-13,15,21,34H,4,8,11,14H2,1H3,(H,35,38)(H,36,39)(H,37,40). The van der Waals surface area contributed by atoms with Gasteiger partial charge in [-0.25, -0.2) is 4.98 Å². The molecule has 2 aromatic carbocycles. The monoisotopic (exact) mass is 575 g/mol. The molecule has 216 valence electrons. The summed E-state index contributed by atoms with van der Waals surface area (Å²) in [5, 5.41) is 11.5. The van der Waals surface area contributed by atoms with Gasteiger partial charge in [0.25, 0.3) is 11.8 Å². The van der Waals surface area contributed by atoms with Crippen LogP contribution < -0.4 is 26.0 Å². The fourth-order valence-electron chi connectivity index (χ4n) is 4.89. The fraction of sp³-hybridized carbons (Fsp3) is 0.321. The van der Waals surface area contributed by atoms with Crippen LogP contribution in [0.4, 0.5) is 39.1 Å². The zero-order valence-electron chi connectivity index (χ0n) is 21.7. The van der Waals surface area contributed by atoms with E-state index in [0.717, 1.165) is 18.6 Å². The number of hydrogen-bond donors (Lipinski definition) is 4. The van der Waals surface area contributed by atoms with E-state index in [2.05, 4.69) is 26.3 Å². The van der Waals surface area contributed by atoms with Crippen LogP contribution in [-0.2, 0) is 12.5 Å². The zero-order valence-corrected chi connectivity index (χ0v) is 21.7. The van der Waals surface area contributed by atoms with Crippen molar-refractivity contribution in [1.29, 1.82) is 0 Å². The molecule has 3 aromatic rings. The number of fused-ring (bicyclic) bond motifs is 1. The number of hydrogen-bond acceptors (Lipinski definition) is 6. The van der Waals surface area contributed by atoms with Crippen LogP contribution in [0.15, 0.2) is 54.7 Å². The van der Waals surface area contributed by atoms with Crippen LogP contribution in [0.3, 0.4) is 0 Å². The highest BCUT2D eigenvalue weighted by Crippen LogP contribution is 2.48. The first-order valence-electron chi connectivity index (χ1n) is 12.9. The maximum Gasteiger partial charge on any atom is 0.458 e. The molecule has 13 heteroatoms. The van der Waals surface area contributed by atoms with Gasteiger partial charge in [-0.3, -0.25) is 9.59 Å². The number of nitrogens with one attached hydrogen (secondary N) is 4. The Labute approximate surface area is 231 Å². The number of alkyl halides is 5. The van der Waals surface area contributed by atoms with E-state index < -0.39 is 35.4 Å². The van der Waals surface area contributed by atoms with Crippen LogP contribution >= 0.6 is 0 Å². The Hall–Kier alpha value is -4.26. The van der Waals surface area contributed by atoms with E-state index in [0.29, 0.717) is 35.8 Å². The maximum absolute atomic E-state index is 14.4. The number of ether oxygens (including phenoxy) is 1. The highest BCUT2D eigenvalue weighted by atomic mass is 19.4. The molecule has 8 nitrogen and oxygen atoms in total. The third-order valence-electron chi connectivity index (χ3n) is 7.06. The summed E-state index contributed by atoms with van der Waals surface area (Å²) in [7, 11) is 0. The van der Waals surface area contributed by atoms with Crippen LogP contribution in [0.1, 0.15) is 51.6 Å². The molecule has 41 heavy (non-hydrogen) atoms. The molecule has 4 N–H and O–H groups in total. The van der Waals surface area contributed by atoms with Gasteiger partial charge in [-0.2, -0.15) is 22.0 Å². The van der Waals surface area contributed by atoms with E-state index in [1.165, 1.54) is 18.3 Å². The van der Waals surface area contributed by atoms with Crippen molar-refractivity contribution in [2.75, 3.05) is 17.2 Å². The molecule has 3 heterocycles. The molecule has 2 atom stereocenters. The largest absolute Gasteiger partial charge is 0.488 e. The first kappa shape index (κ1) is 28.3. The van der Waals surface area contributed by atoms with Crippen molar-refractivity contribution >= 4 is 29.0 Å². The average molecular weight is 576 g/mol. The van der Waals surface area contributed by atoms with Gasteiger partial charge in [0.05, 0.1) is 11.1 Å². The number of anilines is 3. The molecule has 5 rings (SSSR count). The summed E-state index contributed by atoms with van der Waals surface area (Å²) in [6, 6.07) is 10.3. The third-order valence-corrected chi connectivity index (χ3v) is 7.06. The lowest BCUT2D eigenvalue weighted by Gasteiger charge is -2.27. The zero-order chi connectivity index (χ0) is 29.4. The number of pyridine rings is 1. The second kappa shape index (κ2) is 11.0. The smallest absolute Gasteiger partial charge is 0.458 e. The van der Waals surface area contributed by atoms with Crippen molar-refractivity contribution in [2.45, 2.75) is 50.6 Å². The van der Waals surface area contributed by atoms with Gasteiger partial charge in [0.15, 0.2) is 0 Å². The highest BCUT2D eigenvalue weighted by Gasteiger charge is 2.60. The fourth-order valence-corrected chi connectivity index (χ4v) is 4.89. The van der Waals surface area contributed by atoms with Crippen LogP contribution in [0.2, 0.25) is 0 Å². The number of carbonyl (C=O) groups is 2. The lowest BCUT2D eigenvalue weighted by atomic mass is 10.0. The van der Waals surface area contributed by atoms with Crippen molar-refractivity contribution in [3.05, 3.63) is 77.0 Å². The number of rotatable bonds is 8. The number of aromatic nitrogens is 1. The minimum absolute atomic E-state index is 0.0523. The summed E-state index contributed by atoms with van der Waals surface area (Å²) < 4.78 is 74.3. The summed E-state index contributed by atoms with van der Waals surface area (Å²) >= 11 is 0. The summed E-state index contributed by atoms with van der Waals surface area (Å²) in [5.41, 5.74) is 0.405. The lowest BCUT2D eigenvalue weighted by Crippen LogP contribution is -2.38. The Kier molecular flexibility index (Phi) is 7.56. The number of carbonyl (C=O) groups excluding carboxylic acids is 2. The topological polar surface area (TPSA) is 104 Å². The number of nitrogens with zero attached hydrogens (tertiary/aromatic N) is 1. The average Bonchev–Trinajstić information content (AvgIpc) is 3.60. The molecule has 1 saturated heterocycles. The Morgan fingerprint density at radius 3 is 2.66 bits per heavy atom. The van der Waals surface area contributed by atoms with E-state index in [-0.39, 0.29) is 35.6 Å². The van der Waals surface area contributed by atoms with Crippen molar-refractivity contribution in [3.8, 4) is 5.75 Å². The third kappa shape index (κ3) is 5.67. The molecule has 1 aromatic heterocycles. The summed E-state index contributed by atoms with van der Waals surface area (Å²) in [6.07, 6.45) is -3.62. The Morgan fingerprint density at radius 2 is 1.93 bits per heavy atom. The normalized spacial score (nSPS) is 17.5. The van der Waals surface area contributed by atoms with Gasteiger partial charge < -0.3 is 26.0 Å². The van der Waals surface area contributed by atoms with E-state index >= 15 is 0 Å². The first-order valence-corrected chi connectivity index (χ1v) is 12.9. The lowest BCUT2D eigenvalue weighted by molar-refractivity contribution is -0.289. The SMILES string of the molecule is CC(Oc1cc(NC(=O)c2cccnc2Nc2cccc3c2CNC3=O)ccc1C(F)(F)C(F)(F)F)C1CCCN1. The second-order valence-corrected chi connectivity index (χ2v) is 9.80. The van der Waals surface area contributed by atoms with Gasteiger partial charge in [-0.1, -0.05) is 6.07 Å². The number of halogens is 5. The van der Waals surface area contributed by atoms with Crippen LogP contribution in [0.5, 0.6) is 5.75 Å². The van der Waals surface area contributed by atoms with Crippen LogP contribution in [-0.4, -0.2) is 41.7 Å². The van der Waals surface area contributed by atoms with Crippen molar-refractivity contribution in [1.82, 2.24) is 15.6 Å². The van der Waals surface area contributed by atoms with Crippen LogP contribution in [0.25, 0.3) is 0 Å². The summed E-state index contributed by atoms with van der Waals surface area (Å²) in [6.45, 7) is 2.55. The number of amides is 2. The highest BCUT2D eigenvalue weighted by molar-refractivity contribution is 6.08. The van der Waals surface area contributed by atoms with E-state index in [4.69, 9.17) is 4.74 Å². The molecule has 1 fully saturated rings. The minimum Gasteiger partial charge on any atom is -0.488 e. The van der Waals surface area contributed by atoms with Gasteiger partial charge in [-0.05, 0) is 62.7 Å². The van der Waals surface area contributed by atoms with Gasteiger partial charge in [0.1, 0.15) is 17.7 Å². The van der Waals surface area contributed by atoms with Gasteiger partial charge in [0, 0.05) is 47.4 Å². The van der Waals surface area contributed by atoms with E-state index in [1.807, 2.05) is 0 Å². The molecular weight excluding hydrogens is 549 g/mol. The van der Waals surface area contributed by atoms with Crippen LogP contribution in [0, 0.1) is 0 Å².